The first-order valence-corrected chi connectivity index (χ1v) is 10.3. The lowest BCUT2D eigenvalue weighted by Crippen LogP contribution is -2.29. The molecule has 3 heteroatoms. The van der Waals surface area contributed by atoms with Crippen LogP contribution in [0.1, 0.15) is 42.1 Å². The first kappa shape index (κ1) is 19.3. The Balaban J connectivity index is 1.85. The van der Waals surface area contributed by atoms with E-state index < -0.39 is 0 Å². The second-order valence-corrected chi connectivity index (χ2v) is 7.88. The molecule has 1 heterocycles. The fourth-order valence-corrected chi connectivity index (χ4v) is 4.23. The summed E-state index contributed by atoms with van der Waals surface area (Å²) in [6, 6.07) is 19.9. The van der Waals surface area contributed by atoms with Crippen molar-refractivity contribution >= 4 is 11.5 Å². The molecule has 3 aromatic carbocycles. The van der Waals surface area contributed by atoms with E-state index in [9.17, 15) is 9.90 Å². The van der Waals surface area contributed by atoms with E-state index >= 15 is 0 Å². The Labute approximate surface area is 172 Å². The lowest BCUT2D eigenvalue weighted by molar-refractivity contribution is 0.101. The van der Waals surface area contributed by atoms with Crippen molar-refractivity contribution in [3.05, 3.63) is 71.8 Å². The van der Waals surface area contributed by atoms with Crippen molar-refractivity contribution < 1.29 is 9.90 Å². The third-order valence-electron chi connectivity index (χ3n) is 5.85. The normalized spacial score (nSPS) is 14.1. The molecule has 4 rings (SSSR count). The largest absolute Gasteiger partial charge is 0.507 e. The van der Waals surface area contributed by atoms with E-state index in [1.807, 2.05) is 42.5 Å². The highest BCUT2D eigenvalue weighted by Gasteiger charge is 2.18. The third-order valence-corrected chi connectivity index (χ3v) is 5.85. The molecule has 1 fully saturated rings. The lowest BCUT2D eigenvalue weighted by atomic mass is 9.91. The van der Waals surface area contributed by atoms with Crippen LogP contribution in [0, 0.1) is 6.92 Å². The molecule has 0 atom stereocenters. The smallest absolute Gasteiger partial charge is 0.160 e. The number of nitrogens with zero attached hydrogens (tertiary/aromatic N) is 1. The number of anilines is 1. The Morgan fingerprint density at radius 2 is 1.62 bits per heavy atom. The van der Waals surface area contributed by atoms with E-state index in [1.54, 1.807) is 13.0 Å². The molecule has 0 amide bonds. The summed E-state index contributed by atoms with van der Waals surface area (Å²) in [5, 5.41) is 10.7. The molecular weight excluding hydrogens is 358 g/mol. The van der Waals surface area contributed by atoms with Crippen LogP contribution in [0.15, 0.2) is 60.7 Å². The van der Waals surface area contributed by atoms with E-state index in [0.717, 1.165) is 35.5 Å². The maximum absolute atomic E-state index is 12.4. The van der Waals surface area contributed by atoms with E-state index in [2.05, 4.69) is 24.0 Å². The second kappa shape index (κ2) is 8.12. The summed E-state index contributed by atoms with van der Waals surface area (Å²) in [6.07, 6.45) is 3.66. The standard InChI is InChI=1S/C26H27NO2/c1-18-8-4-5-9-22(18)20-10-12-23(19(2)28)24(16-20)25-17-21(11-13-26(25)29)27-14-6-3-7-15-27/h4-5,8-13,16-17,29H,3,6-7,14-15H2,1-2H3. The molecule has 148 valence electrons. The molecule has 0 unspecified atom stereocenters. The van der Waals surface area contributed by atoms with Crippen molar-refractivity contribution in [2.75, 3.05) is 18.0 Å². The fourth-order valence-electron chi connectivity index (χ4n) is 4.23. The topological polar surface area (TPSA) is 40.5 Å². The van der Waals surface area contributed by atoms with Gasteiger partial charge in [-0.2, -0.15) is 0 Å². The van der Waals surface area contributed by atoms with Crippen molar-refractivity contribution in [3.63, 3.8) is 0 Å². The van der Waals surface area contributed by atoms with Crippen molar-refractivity contribution in [2.45, 2.75) is 33.1 Å². The van der Waals surface area contributed by atoms with Crippen LogP contribution in [0.2, 0.25) is 0 Å². The molecule has 1 N–H and O–H groups in total. The van der Waals surface area contributed by atoms with Crippen LogP contribution in [-0.2, 0) is 0 Å². The first-order valence-electron chi connectivity index (χ1n) is 10.3. The zero-order valence-corrected chi connectivity index (χ0v) is 17.1. The molecule has 0 radical (unpaired) electrons. The predicted molar refractivity (Wildman–Crippen MR) is 120 cm³/mol. The van der Waals surface area contributed by atoms with Crippen LogP contribution in [0.4, 0.5) is 5.69 Å². The van der Waals surface area contributed by atoms with Crippen molar-refractivity contribution in [3.8, 4) is 28.0 Å². The number of ketones is 1. The van der Waals surface area contributed by atoms with Crippen LogP contribution in [0.25, 0.3) is 22.3 Å². The molecule has 3 aromatic rings. The summed E-state index contributed by atoms with van der Waals surface area (Å²) in [6.45, 7) is 5.74. The Hall–Kier alpha value is -3.07. The van der Waals surface area contributed by atoms with Gasteiger partial charge in [0.05, 0.1) is 0 Å². The maximum atomic E-state index is 12.4. The highest BCUT2D eigenvalue weighted by molar-refractivity contribution is 6.02. The predicted octanol–water partition coefficient (Wildman–Crippen LogP) is 6.23. The minimum Gasteiger partial charge on any atom is -0.507 e. The van der Waals surface area contributed by atoms with Gasteiger partial charge in [-0.25, -0.2) is 0 Å². The Morgan fingerprint density at radius 3 is 2.34 bits per heavy atom. The van der Waals surface area contributed by atoms with Gasteiger partial charge in [-0.15, -0.1) is 0 Å². The molecule has 29 heavy (non-hydrogen) atoms. The van der Waals surface area contributed by atoms with Crippen LogP contribution in [0.3, 0.4) is 0 Å². The van der Waals surface area contributed by atoms with Gasteiger partial charge in [-0.05, 0) is 79.6 Å². The second-order valence-electron chi connectivity index (χ2n) is 7.88. The first-order chi connectivity index (χ1) is 14.0. The molecular formula is C26H27NO2. The third kappa shape index (κ3) is 3.91. The van der Waals surface area contributed by atoms with Crippen LogP contribution < -0.4 is 4.90 Å². The number of carbonyl (C=O) groups excluding carboxylic acids is 1. The average Bonchev–Trinajstić information content (AvgIpc) is 2.74. The molecule has 0 bridgehead atoms. The number of aryl methyl sites for hydroxylation is 1. The molecule has 0 saturated carbocycles. The van der Waals surface area contributed by atoms with E-state index in [0.29, 0.717) is 11.1 Å². The van der Waals surface area contributed by atoms with Crippen molar-refractivity contribution in [2.24, 2.45) is 0 Å². The molecule has 3 nitrogen and oxygen atoms in total. The molecule has 1 saturated heterocycles. The van der Waals surface area contributed by atoms with Gasteiger partial charge in [0.2, 0.25) is 0 Å². The maximum Gasteiger partial charge on any atom is 0.160 e. The number of Topliss-reactive ketones (excluding diaryl/α,β-unsaturated/α-hetero) is 1. The van der Waals surface area contributed by atoms with Gasteiger partial charge < -0.3 is 10.0 Å². The highest BCUT2D eigenvalue weighted by Crippen LogP contribution is 2.38. The van der Waals surface area contributed by atoms with Gasteiger partial charge >= 0.3 is 0 Å². The Morgan fingerprint density at radius 1 is 0.862 bits per heavy atom. The molecule has 0 aliphatic carbocycles. The monoisotopic (exact) mass is 385 g/mol. The van der Waals surface area contributed by atoms with Gasteiger partial charge in [0.15, 0.2) is 5.78 Å². The molecule has 1 aliphatic heterocycles. The summed E-state index contributed by atoms with van der Waals surface area (Å²) < 4.78 is 0. The number of rotatable bonds is 4. The number of piperidine rings is 1. The number of carbonyl (C=O) groups is 1. The fraction of sp³-hybridized carbons (Fsp3) is 0.269. The highest BCUT2D eigenvalue weighted by atomic mass is 16.3. The van der Waals surface area contributed by atoms with Crippen LogP contribution in [0.5, 0.6) is 5.75 Å². The zero-order valence-electron chi connectivity index (χ0n) is 17.1. The van der Waals surface area contributed by atoms with Gasteiger partial charge in [0.1, 0.15) is 5.75 Å². The van der Waals surface area contributed by atoms with Crippen molar-refractivity contribution in [1.29, 1.82) is 0 Å². The molecule has 0 spiro atoms. The summed E-state index contributed by atoms with van der Waals surface area (Å²) in [7, 11) is 0. The number of phenols is 1. The lowest BCUT2D eigenvalue weighted by Gasteiger charge is -2.29. The van der Waals surface area contributed by atoms with E-state index in [-0.39, 0.29) is 11.5 Å². The summed E-state index contributed by atoms with van der Waals surface area (Å²) in [4.78, 5) is 14.7. The summed E-state index contributed by atoms with van der Waals surface area (Å²) >= 11 is 0. The minimum absolute atomic E-state index is 0.000825. The van der Waals surface area contributed by atoms with Gasteiger partial charge in [0.25, 0.3) is 0 Å². The average molecular weight is 386 g/mol. The van der Waals surface area contributed by atoms with Crippen molar-refractivity contribution in [1.82, 2.24) is 0 Å². The number of benzene rings is 3. The summed E-state index contributed by atoms with van der Waals surface area (Å²) in [5.41, 5.74) is 6.60. The van der Waals surface area contributed by atoms with Crippen LogP contribution in [-0.4, -0.2) is 24.0 Å². The molecule has 1 aliphatic rings. The van der Waals surface area contributed by atoms with Gasteiger partial charge in [-0.1, -0.05) is 36.4 Å². The van der Waals surface area contributed by atoms with E-state index in [4.69, 9.17) is 0 Å². The van der Waals surface area contributed by atoms with Gasteiger partial charge in [-0.3, -0.25) is 4.79 Å². The van der Waals surface area contributed by atoms with Crippen LogP contribution >= 0.6 is 0 Å². The van der Waals surface area contributed by atoms with Gasteiger partial charge in [0, 0.05) is 29.9 Å². The number of phenolic OH excluding ortho intramolecular Hbond substituents is 1. The number of hydrogen-bond donors (Lipinski definition) is 1. The quantitative estimate of drug-likeness (QED) is 0.541. The number of aromatic hydroxyl groups is 1. The minimum atomic E-state index is -0.000825. The Kier molecular flexibility index (Phi) is 5.39. The van der Waals surface area contributed by atoms with E-state index in [1.165, 1.54) is 24.8 Å². The Bertz CT molecular complexity index is 1050. The zero-order chi connectivity index (χ0) is 20.4. The number of hydrogen-bond acceptors (Lipinski definition) is 3. The molecule has 0 aromatic heterocycles. The summed E-state index contributed by atoms with van der Waals surface area (Å²) in [5.74, 6) is 0.203. The SMILES string of the molecule is CC(=O)c1ccc(-c2ccccc2C)cc1-c1cc(N2CCCCC2)ccc1O.